The average molecular weight is 470 g/mol. The van der Waals surface area contributed by atoms with E-state index >= 15 is 0 Å². The van der Waals surface area contributed by atoms with Gasteiger partial charge < -0.3 is 4.65 Å². The number of halogens is 1. The van der Waals surface area contributed by atoms with Crippen molar-refractivity contribution in [1.29, 1.82) is 0 Å². The molecule has 0 N–H and O–H groups in total. The Balaban J connectivity index is 2.33. The van der Waals surface area contributed by atoms with Crippen LogP contribution in [-0.4, -0.2) is 14.0 Å². The van der Waals surface area contributed by atoms with E-state index in [4.69, 9.17) is 4.65 Å². The molecular weight excluding hydrogens is 430 g/mol. The molecule has 0 saturated heterocycles. The largest absolute Gasteiger partial charge is 0.433 e. The average Bonchev–Trinajstić information content (AvgIpc) is 2.63. The van der Waals surface area contributed by atoms with E-state index in [9.17, 15) is 0 Å². The Hall–Kier alpha value is 0.235. The normalized spacial score (nSPS) is 22.1. The molecule has 0 bridgehead atoms. The van der Waals surface area contributed by atoms with Crippen LogP contribution >= 0.6 is 22.6 Å². The predicted molar refractivity (Wildman–Crippen MR) is 125 cm³/mol. The molecule has 0 amide bonds. The van der Waals surface area contributed by atoms with Gasteiger partial charge in [0.05, 0.1) is 0 Å². The van der Waals surface area contributed by atoms with Crippen molar-refractivity contribution in [2.24, 2.45) is 17.8 Å². The minimum atomic E-state index is 0.131. The molecule has 1 nitrogen and oxygen atoms in total. The summed E-state index contributed by atoms with van der Waals surface area (Å²) in [7, 11) is 1.91. The predicted octanol–water partition coefficient (Wildman–Crippen LogP) is 8.01. The van der Waals surface area contributed by atoms with Crippen LogP contribution in [0.4, 0.5) is 0 Å². The van der Waals surface area contributed by atoms with E-state index in [0.29, 0.717) is 5.92 Å². The smallest absolute Gasteiger partial charge is 0.333 e. The first-order chi connectivity index (χ1) is 12.4. The van der Waals surface area contributed by atoms with Gasteiger partial charge in [0.1, 0.15) is 0 Å². The Morgan fingerprint density at radius 1 is 0.923 bits per heavy atom. The molecule has 2 rings (SSSR count). The summed E-state index contributed by atoms with van der Waals surface area (Å²) in [4.78, 5) is 0. The Morgan fingerprint density at radius 2 is 1.38 bits per heavy atom. The van der Waals surface area contributed by atoms with E-state index in [1.54, 1.807) is 0 Å². The van der Waals surface area contributed by atoms with E-state index in [0.717, 1.165) is 11.8 Å². The molecular formula is C23H40BIO. The van der Waals surface area contributed by atoms with Crippen molar-refractivity contribution in [2.75, 3.05) is 7.11 Å². The van der Waals surface area contributed by atoms with Crippen molar-refractivity contribution >= 4 is 29.5 Å². The fourth-order valence-electron chi connectivity index (χ4n) is 4.59. The third-order valence-electron chi connectivity index (χ3n) is 7.05. The lowest BCUT2D eigenvalue weighted by Crippen LogP contribution is -2.37. The third-order valence-corrected chi connectivity index (χ3v) is 8.04. The first kappa shape index (κ1) is 22.5. The standard InChI is InChI=1S/C23H40BIO/c1-18(2)23(3,4)24(26-5)21(16-19-12-8-6-9-13-19)22(25)17-20-14-10-7-11-15-20/h16-20H,6-15H2,1-5H3/b21-16+,22-17-. The van der Waals surface area contributed by atoms with Crippen LogP contribution in [0.1, 0.15) is 91.9 Å². The van der Waals surface area contributed by atoms with Crippen LogP contribution in [0.15, 0.2) is 21.2 Å². The second-order valence-electron chi connectivity index (χ2n) is 9.52. The highest BCUT2D eigenvalue weighted by Gasteiger charge is 2.41. The highest BCUT2D eigenvalue weighted by atomic mass is 127. The van der Waals surface area contributed by atoms with Gasteiger partial charge in [0, 0.05) is 10.7 Å². The van der Waals surface area contributed by atoms with Gasteiger partial charge in [-0.1, -0.05) is 78.4 Å². The molecule has 3 heteroatoms. The molecule has 0 aromatic carbocycles. The Kier molecular flexibility index (Phi) is 9.26. The highest BCUT2D eigenvalue weighted by molar-refractivity contribution is 14.1. The molecule has 0 radical (unpaired) electrons. The van der Waals surface area contributed by atoms with Crippen LogP contribution in [-0.2, 0) is 4.65 Å². The number of hydrogen-bond donors (Lipinski definition) is 0. The Bertz CT molecular complexity index is 482. The summed E-state index contributed by atoms with van der Waals surface area (Å²) in [6.07, 6.45) is 19.1. The summed E-state index contributed by atoms with van der Waals surface area (Å²) in [6.45, 7) is 9.61. The van der Waals surface area contributed by atoms with Crippen LogP contribution < -0.4 is 0 Å². The molecule has 2 saturated carbocycles. The molecule has 0 aromatic rings. The van der Waals surface area contributed by atoms with E-state index in [1.165, 1.54) is 73.3 Å². The third kappa shape index (κ3) is 6.12. The molecule has 0 aliphatic heterocycles. The maximum Gasteiger partial charge on any atom is 0.333 e. The van der Waals surface area contributed by atoms with Gasteiger partial charge in [0.2, 0.25) is 0 Å². The van der Waals surface area contributed by atoms with E-state index in [2.05, 4.69) is 62.4 Å². The number of hydrogen-bond acceptors (Lipinski definition) is 1. The zero-order chi connectivity index (χ0) is 19.2. The topological polar surface area (TPSA) is 9.23 Å². The molecule has 0 heterocycles. The van der Waals surface area contributed by atoms with Crippen molar-refractivity contribution in [3.8, 4) is 0 Å². The zero-order valence-corrected chi connectivity index (χ0v) is 20.0. The molecule has 0 spiro atoms. The SMILES string of the molecule is COB(C(=C/C1CCCCC1)/C(I)=C/C1CCCCC1)C(C)(C)C(C)C. The first-order valence-electron chi connectivity index (χ1n) is 11.0. The van der Waals surface area contributed by atoms with E-state index in [-0.39, 0.29) is 12.2 Å². The van der Waals surface area contributed by atoms with Gasteiger partial charge in [-0.3, -0.25) is 0 Å². The molecule has 148 valence electrons. The van der Waals surface area contributed by atoms with Gasteiger partial charge in [-0.25, -0.2) is 0 Å². The lowest BCUT2D eigenvalue weighted by molar-refractivity contribution is 0.352. The van der Waals surface area contributed by atoms with Gasteiger partial charge >= 0.3 is 6.92 Å². The van der Waals surface area contributed by atoms with Gasteiger partial charge in [0.25, 0.3) is 0 Å². The van der Waals surface area contributed by atoms with Crippen LogP contribution in [0.2, 0.25) is 5.31 Å². The molecule has 2 aliphatic carbocycles. The van der Waals surface area contributed by atoms with Gasteiger partial charge in [-0.2, -0.15) is 0 Å². The van der Waals surface area contributed by atoms with Crippen LogP contribution in [0.5, 0.6) is 0 Å². The van der Waals surface area contributed by atoms with Crippen LogP contribution in [0.25, 0.3) is 0 Å². The molecule has 0 atom stereocenters. The minimum absolute atomic E-state index is 0.131. The fourth-order valence-corrected chi connectivity index (χ4v) is 5.56. The number of rotatable bonds is 7. The lowest BCUT2D eigenvalue weighted by atomic mass is 9.39. The fraction of sp³-hybridized carbons (Fsp3) is 0.826. The van der Waals surface area contributed by atoms with Crippen LogP contribution in [0.3, 0.4) is 0 Å². The summed E-state index contributed by atoms with van der Waals surface area (Å²) in [5.74, 6) is 2.09. The highest BCUT2D eigenvalue weighted by Crippen LogP contribution is 2.44. The van der Waals surface area contributed by atoms with Crippen molar-refractivity contribution in [3.05, 3.63) is 21.2 Å². The van der Waals surface area contributed by atoms with Gasteiger partial charge in [-0.05, 0) is 76.8 Å². The molecule has 2 fully saturated rings. The quantitative estimate of drug-likeness (QED) is 0.208. The Morgan fingerprint density at radius 3 is 1.81 bits per heavy atom. The summed E-state index contributed by atoms with van der Waals surface area (Å²) in [5.41, 5.74) is 1.48. The van der Waals surface area contributed by atoms with Crippen LogP contribution in [0, 0.1) is 17.8 Å². The summed E-state index contributed by atoms with van der Waals surface area (Å²) in [6, 6.07) is 0. The zero-order valence-electron chi connectivity index (χ0n) is 17.8. The van der Waals surface area contributed by atoms with Gasteiger partial charge in [0.15, 0.2) is 0 Å². The van der Waals surface area contributed by atoms with E-state index < -0.39 is 0 Å². The lowest BCUT2D eigenvalue weighted by Gasteiger charge is -2.36. The first-order valence-corrected chi connectivity index (χ1v) is 12.1. The second kappa shape index (κ2) is 10.7. The second-order valence-corrected chi connectivity index (χ2v) is 10.7. The summed E-state index contributed by atoms with van der Waals surface area (Å²) >= 11 is 2.62. The summed E-state index contributed by atoms with van der Waals surface area (Å²) < 4.78 is 7.64. The number of allylic oxidation sites excluding steroid dienone is 4. The molecule has 26 heavy (non-hydrogen) atoms. The molecule has 0 aromatic heterocycles. The van der Waals surface area contributed by atoms with Gasteiger partial charge in [-0.15, -0.1) is 0 Å². The Labute approximate surface area is 177 Å². The molecule has 2 aliphatic rings. The van der Waals surface area contributed by atoms with Crippen molar-refractivity contribution in [3.63, 3.8) is 0 Å². The molecule has 0 unspecified atom stereocenters. The summed E-state index contributed by atoms with van der Waals surface area (Å²) in [5, 5.41) is 0.131. The van der Waals surface area contributed by atoms with Crippen molar-refractivity contribution in [1.82, 2.24) is 0 Å². The van der Waals surface area contributed by atoms with Crippen molar-refractivity contribution in [2.45, 2.75) is 97.2 Å². The van der Waals surface area contributed by atoms with Crippen molar-refractivity contribution < 1.29 is 4.65 Å². The maximum atomic E-state index is 6.18. The minimum Gasteiger partial charge on any atom is -0.433 e. The monoisotopic (exact) mass is 470 g/mol. The maximum absolute atomic E-state index is 6.18. The van der Waals surface area contributed by atoms with E-state index in [1.807, 2.05) is 7.11 Å².